The number of nitrogens with one attached hydrogen (secondary N) is 2. The van der Waals surface area contributed by atoms with Gasteiger partial charge < -0.3 is 10.3 Å². The number of aromatic amines is 1. The van der Waals surface area contributed by atoms with Crippen LogP contribution >= 0.6 is 0 Å². The Hall–Kier alpha value is -2.13. The van der Waals surface area contributed by atoms with Gasteiger partial charge in [-0.3, -0.25) is 14.9 Å². The van der Waals surface area contributed by atoms with Crippen LogP contribution in [-0.2, 0) is 0 Å². The summed E-state index contributed by atoms with van der Waals surface area (Å²) in [6.45, 7) is 0.748. The lowest BCUT2D eigenvalue weighted by Gasteiger charge is -1.92. The van der Waals surface area contributed by atoms with Gasteiger partial charge >= 0.3 is 11.2 Å². The Bertz CT molecular complexity index is 496. The van der Waals surface area contributed by atoms with E-state index in [0.717, 1.165) is 6.54 Å². The molecule has 6 heteroatoms. The molecule has 2 N–H and O–H groups in total. The van der Waals surface area contributed by atoms with Crippen molar-refractivity contribution in [1.82, 2.24) is 10.3 Å². The molecule has 0 radical (unpaired) electrons. The van der Waals surface area contributed by atoms with Crippen molar-refractivity contribution in [3.05, 3.63) is 38.3 Å². The van der Waals surface area contributed by atoms with E-state index in [2.05, 4.69) is 22.1 Å². The number of hydrogen-bond acceptors (Lipinski definition) is 4. The molecule has 1 heterocycles. The van der Waals surface area contributed by atoms with Crippen LogP contribution in [-0.4, -0.2) is 23.5 Å². The summed E-state index contributed by atoms with van der Waals surface area (Å²) in [7, 11) is 1.81. The van der Waals surface area contributed by atoms with Crippen LogP contribution in [0, 0.1) is 22.0 Å². The van der Waals surface area contributed by atoms with Gasteiger partial charge in [-0.25, -0.2) is 0 Å². The smallest absolute Gasteiger partial charge is 0.322 e. The van der Waals surface area contributed by atoms with Gasteiger partial charge in [0.25, 0.3) is 0 Å². The fraction of sp³-hybridized carbons (Fsp3) is 0.300. The first-order chi connectivity index (χ1) is 7.65. The largest absolute Gasteiger partial charge is 0.335 e. The van der Waals surface area contributed by atoms with Gasteiger partial charge in [0, 0.05) is 30.8 Å². The van der Waals surface area contributed by atoms with Crippen LogP contribution in [0.15, 0.2) is 17.1 Å². The van der Waals surface area contributed by atoms with Crippen molar-refractivity contribution in [2.24, 2.45) is 0 Å². The molecule has 0 aliphatic rings. The van der Waals surface area contributed by atoms with E-state index in [9.17, 15) is 14.9 Å². The molecule has 84 valence electrons. The van der Waals surface area contributed by atoms with Crippen molar-refractivity contribution >= 4 is 5.69 Å². The molecule has 0 atom stereocenters. The fourth-order valence-electron chi connectivity index (χ4n) is 1.03. The zero-order valence-electron chi connectivity index (χ0n) is 8.74. The van der Waals surface area contributed by atoms with E-state index in [-0.39, 0.29) is 0 Å². The second-order valence-electron chi connectivity index (χ2n) is 3.02. The summed E-state index contributed by atoms with van der Waals surface area (Å²) >= 11 is 0. The molecule has 0 aliphatic heterocycles. The molecule has 1 aromatic rings. The second kappa shape index (κ2) is 5.68. The minimum Gasteiger partial charge on any atom is -0.322 e. The van der Waals surface area contributed by atoms with Crippen molar-refractivity contribution in [3.8, 4) is 11.8 Å². The number of nitrogens with zero attached hydrogens (tertiary/aromatic N) is 1. The van der Waals surface area contributed by atoms with E-state index in [1.54, 1.807) is 0 Å². The average molecular weight is 221 g/mol. The van der Waals surface area contributed by atoms with Gasteiger partial charge in [0.1, 0.15) is 0 Å². The molecule has 1 rings (SSSR count). The molecule has 0 saturated carbocycles. The SMILES string of the molecule is CNCCC#Cc1c[nH]c(=O)c([N+](=O)[O-])c1. The summed E-state index contributed by atoms with van der Waals surface area (Å²) in [6.07, 6.45) is 2.01. The Morgan fingerprint density at radius 2 is 2.38 bits per heavy atom. The lowest BCUT2D eigenvalue weighted by atomic mass is 10.2. The minimum atomic E-state index is -0.725. The van der Waals surface area contributed by atoms with Gasteiger partial charge in [-0.2, -0.15) is 0 Å². The molecule has 0 saturated heterocycles. The highest BCUT2D eigenvalue weighted by Gasteiger charge is 2.11. The third kappa shape index (κ3) is 3.22. The maximum Gasteiger partial charge on any atom is 0.335 e. The van der Waals surface area contributed by atoms with Crippen molar-refractivity contribution in [1.29, 1.82) is 0 Å². The Morgan fingerprint density at radius 3 is 3.00 bits per heavy atom. The highest BCUT2D eigenvalue weighted by atomic mass is 16.6. The van der Waals surface area contributed by atoms with E-state index in [0.29, 0.717) is 12.0 Å². The average Bonchev–Trinajstić information content (AvgIpc) is 2.26. The molecule has 1 aromatic heterocycles. The fourth-order valence-corrected chi connectivity index (χ4v) is 1.03. The maximum atomic E-state index is 11.0. The lowest BCUT2D eigenvalue weighted by molar-refractivity contribution is -0.386. The molecule has 0 amide bonds. The Labute approximate surface area is 91.8 Å². The quantitative estimate of drug-likeness (QED) is 0.331. The monoisotopic (exact) mass is 221 g/mol. The Kier molecular flexibility index (Phi) is 4.24. The van der Waals surface area contributed by atoms with Gasteiger partial charge in [-0.1, -0.05) is 11.8 Å². The molecule has 0 aliphatic carbocycles. The molecule has 0 bridgehead atoms. The minimum absolute atomic E-state index is 0.433. The first-order valence-corrected chi connectivity index (χ1v) is 4.65. The van der Waals surface area contributed by atoms with E-state index >= 15 is 0 Å². The topological polar surface area (TPSA) is 88.0 Å². The molecule has 6 nitrogen and oxygen atoms in total. The standard InChI is InChI=1S/C10H11N3O3/c1-11-5-3-2-4-8-6-9(13(15)16)10(14)12-7-8/h6-7,11H,3,5H2,1H3,(H,12,14). The molecular weight excluding hydrogens is 210 g/mol. The predicted octanol–water partition coefficient (Wildman–Crippen LogP) is 0.244. The van der Waals surface area contributed by atoms with Crippen molar-refractivity contribution < 1.29 is 4.92 Å². The number of hydrogen-bond donors (Lipinski definition) is 2. The number of pyridine rings is 1. The van der Waals surface area contributed by atoms with Gasteiger partial charge in [-0.15, -0.1) is 0 Å². The molecule has 0 fully saturated rings. The normalized spacial score (nSPS) is 9.31. The van der Waals surface area contributed by atoms with E-state index in [1.807, 2.05) is 7.05 Å². The zero-order valence-corrected chi connectivity index (χ0v) is 8.74. The van der Waals surface area contributed by atoms with E-state index in [4.69, 9.17) is 0 Å². The number of nitro groups is 1. The number of aromatic nitrogens is 1. The van der Waals surface area contributed by atoms with Crippen molar-refractivity contribution in [3.63, 3.8) is 0 Å². The van der Waals surface area contributed by atoms with E-state index < -0.39 is 16.2 Å². The first-order valence-electron chi connectivity index (χ1n) is 4.65. The Morgan fingerprint density at radius 1 is 1.62 bits per heavy atom. The summed E-state index contributed by atoms with van der Waals surface area (Å²) < 4.78 is 0. The van der Waals surface area contributed by atoms with Crippen molar-refractivity contribution in [2.75, 3.05) is 13.6 Å². The van der Waals surface area contributed by atoms with Crippen LogP contribution < -0.4 is 10.9 Å². The third-order valence-corrected chi connectivity index (χ3v) is 1.81. The third-order valence-electron chi connectivity index (χ3n) is 1.81. The van der Waals surface area contributed by atoms with Gasteiger partial charge in [0.2, 0.25) is 0 Å². The summed E-state index contributed by atoms with van der Waals surface area (Å²) in [5.41, 5.74) is -0.770. The Balaban J connectivity index is 2.89. The van der Waals surface area contributed by atoms with Gasteiger partial charge in [-0.05, 0) is 7.05 Å². The predicted molar refractivity (Wildman–Crippen MR) is 59.1 cm³/mol. The van der Waals surface area contributed by atoms with Crippen molar-refractivity contribution in [2.45, 2.75) is 6.42 Å². The summed E-state index contributed by atoms with van der Waals surface area (Å²) in [5.74, 6) is 5.57. The zero-order chi connectivity index (χ0) is 12.0. The van der Waals surface area contributed by atoms with Crippen LogP contribution in [0.5, 0.6) is 0 Å². The van der Waals surface area contributed by atoms with Crippen LogP contribution in [0.2, 0.25) is 0 Å². The molecule has 0 unspecified atom stereocenters. The molecule has 16 heavy (non-hydrogen) atoms. The van der Waals surface area contributed by atoms with Crippen LogP contribution in [0.1, 0.15) is 12.0 Å². The van der Waals surface area contributed by atoms with E-state index in [1.165, 1.54) is 12.3 Å². The molecular formula is C10H11N3O3. The number of H-pyrrole nitrogens is 1. The summed E-state index contributed by atoms with van der Waals surface area (Å²) in [5, 5.41) is 13.4. The number of rotatable bonds is 3. The molecule has 0 aromatic carbocycles. The van der Waals surface area contributed by atoms with Crippen LogP contribution in [0.3, 0.4) is 0 Å². The summed E-state index contributed by atoms with van der Waals surface area (Å²) in [4.78, 5) is 23.1. The van der Waals surface area contributed by atoms with Crippen LogP contribution in [0.25, 0.3) is 0 Å². The lowest BCUT2D eigenvalue weighted by Crippen LogP contribution is -2.10. The van der Waals surface area contributed by atoms with Gasteiger partial charge in [0.15, 0.2) is 0 Å². The highest BCUT2D eigenvalue weighted by Crippen LogP contribution is 2.04. The first kappa shape index (κ1) is 11.9. The summed E-state index contributed by atoms with van der Waals surface area (Å²) in [6, 6.07) is 1.17. The molecule has 0 spiro atoms. The highest BCUT2D eigenvalue weighted by molar-refractivity contribution is 5.39. The maximum absolute atomic E-state index is 11.0. The second-order valence-corrected chi connectivity index (χ2v) is 3.02. The van der Waals surface area contributed by atoms with Gasteiger partial charge in [0.05, 0.1) is 4.92 Å². The van der Waals surface area contributed by atoms with Crippen LogP contribution in [0.4, 0.5) is 5.69 Å².